The van der Waals surface area contributed by atoms with Gasteiger partial charge >= 0.3 is 11.9 Å². The lowest BCUT2D eigenvalue weighted by molar-refractivity contribution is -0.153. The summed E-state index contributed by atoms with van der Waals surface area (Å²) in [5.41, 5.74) is 2.57. The van der Waals surface area contributed by atoms with Crippen LogP contribution in [0.25, 0.3) is 0 Å². The first-order chi connectivity index (χ1) is 10.2. The molecule has 1 aromatic rings. The van der Waals surface area contributed by atoms with Gasteiger partial charge in [0.25, 0.3) is 0 Å². The fourth-order valence-corrected chi connectivity index (χ4v) is 5.41. The van der Waals surface area contributed by atoms with Gasteiger partial charge in [0.15, 0.2) is 0 Å². The molecule has 0 spiro atoms. The summed E-state index contributed by atoms with van der Waals surface area (Å²) in [5, 5.41) is 0. The van der Waals surface area contributed by atoms with Gasteiger partial charge in [-0.3, -0.25) is 9.59 Å². The van der Waals surface area contributed by atoms with Gasteiger partial charge in [0, 0.05) is 11.8 Å². The molecule has 3 heteroatoms. The van der Waals surface area contributed by atoms with Gasteiger partial charge in [0.05, 0.1) is 11.8 Å². The molecule has 6 atom stereocenters. The highest BCUT2D eigenvalue weighted by Gasteiger charge is 2.63. The van der Waals surface area contributed by atoms with Crippen LogP contribution in [0.2, 0.25) is 0 Å². The second-order valence-electron chi connectivity index (χ2n) is 6.62. The molecule has 3 aliphatic carbocycles. The molecule has 0 amide bonds. The number of carbonyl (C=O) groups excluding carboxylic acids is 2. The van der Waals surface area contributed by atoms with E-state index >= 15 is 0 Å². The minimum absolute atomic E-state index is 0.157. The summed E-state index contributed by atoms with van der Waals surface area (Å²) in [6.07, 6.45) is 2.11. The van der Waals surface area contributed by atoms with Crippen molar-refractivity contribution in [1.82, 2.24) is 0 Å². The molecule has 5 rings (SSSR count). The molecule has 2 bridgehead atoms. The van der Waals surface area contributed by atoms with E-state index in [1.165, 1.54) is 11.1 Å². The maximum Gasteiger partial charge on any atom is 0.318 e. The van der Waals surface area contributed by atoms with Gasteiger partial charge in [0.1, 0.15) is 0 Å². The number of rotatable bonds is 2. The number of esters is 2. The topological polar surface area (TPSA) is 43.4 Å². The Hall–Kier alpha value is -1.64. The number of cyclic esters (lactones) is 2. The fourth-order valence-electron chi connectivity index (χ4n) is 5.41. The summed E-state index contributed by atoms with van der Waals surface area (Å²) >= 11 is 0. The molecule has 0 aromatic heterocycles. The lowest BCUT2D eigenvalue weighted by atomic mass is 9.48. The van der Waals surface area contributed by atoms with E-state index in [1.807, 2.05) is 12.1 Å². The van der Waals surface area contributed by atoms with Gasteiger partial charge in [-0.1, -0.05) is 51.0 Å². The molecule has 2 fully saturated rings. The monoisotopic (exact) mass is 284 g/mol. The minimum Gasteiger partial charge on any atom is -0.393 e. The number of carbonyl (C=O) groups is 2. The lowest BCUT2D eigenvalue weighted by Crippen LogP contribution is -2.49. The molecule has 21 heavy (non-hydrogen) atoms. The molecule has 3 nitrogen and oxygen atoms in total. The molecule has 0 radical (unpaired) electrons. The van der Waals surface area contributed by atoms with Crippen LogP contribution in [-0.2, 0) is 14.3 Å². The fraction of sp³-hybridized carbons (Fsp3) is 0.556. The zero-order valence-electron chi connectivity index (χ0n) is 12.4. The van der Waals surface area contributed by atoms with E-state index in [0.29, 0.717) is 11.8 Å². The molecule has 0 unspecified atom stereocenters. The maximum atomic E-state index is 12.2. The third-order valence-corrected chi connectivity index (χ3v) is 6.04. The molecule has 1 saturated carbocycles. The highest BCUT2D eigenvalue weighted by atomic mass is 16.6. The van der Waals surface area contributed by atoms with Crippen molar-refractivity contribution < 1.29 is 14.3 Å². The Bertz CT molecular complexity index is 568. The average Bonchev–Trinajstić information content (AvgIpc) is 2.82. The lowest BCUT2D eigenvalue weighted by Gasteiger charge is -2.53. The van der Waals surface area contributed by atoms with Crippen LogP contribution in [-0.4, -0.2) is 11.9 Å². The zero-order chi connectivity index (χ0) is 14.7. The SMILES string of the molecule is CC[C@H]1[C@H](CC)[C@@H]2c3ccccc3[C@@H]1[C@H]1C(=O)OC(=O)[C@@H]12. The summed E-state index contributed by atoms with van der Waals surface area (Å²) in [4.78, 5) is 24.5. The van der Waals surface area contributed by atoms with E-state index < -0.39 is 0 Å². The minimum atomic E-state index is -0.289. The molecule has 4 aliphatic rings. The van der Waals surface area contributed by atoms with Crippen molar-refractivity contribution in [2.24, 2.45) is 23.7 Å². The number of fused-ring (bicyclic) bond motifs is 1. The van der Waals surface area contributed by atoms with E-state index in [9.17, 15) is 9.59 Å². The Morgan fingerprint density at radius 3 is 1.62 bits per heavy atom. The predicted octanol–water partition coefficient (Wildman–Crippen LogP) is 3.25. The van der Waals surface area contributed by atoms with Crippen LogP contribution in [0.5, 0.6) is 0 Å². The Labute approximate surface area is 124 Å². The summed E-state index contributed by atoms with van der Waals surface area (Å²) in [5.74, 6) is 0.208. The molecule has 1 saturated heterocycles. The first-order valence-electron chi connectivity index (χ1n) is 8.03. The number of hydrogen-bond donors (Lipinski definition) is 0. The summed E-state index contributed by atoms with van der Waals surface area (Å²) in [6.45, 7) is 4.40. The Kier molecular flexibility index (Phi) is 2.75. The smallest absolute Gasteiger partial charge is 0.318 e. The van der Waals surface area contributed by atoms with E-state index in [1.54, 1.807) is 0 Å². The van der Waals surface area contributed by atoms with Gasteiger partial charge in [0.2, 0.25) is 0 Å². The first kappa shape index (κ1) is 13.1. The van der Waals surface area contributed by atoms with Crippen LogP contribution in [0.15, 0.2) is 24.3 Å². The third kappa shape index (κ3) is 1.49. The van der Waals surface area contributed by atoms with Crippen LogP contribution >= 0.6 is 0 Å². The Morgan fingerprint density at radius 1 is 0.810 bits per heavy atom. The van der Waals surface area contributed by atoms with Gasteiger partial charge in [-0.25, -0.2) is 0 Å². The molecular formula is C18H20O3. The summed E-state index contributed by atoms with van der Waals surface area (Å²) in [6, 6.07) is 8.39. The van der Waals surface area contributed by atoms with Crippen LogP contribution < -0.4 is 0 Å². The second kappa shape index (κ2) is 4.43. The van der Waals surface area contributed by atoms with Crippen LogP contribution in [0, 0.1) is 23.7 Å². The Balaban J connectivity index is 1.95. The predicted molar refractivity (Wildman–Crippen MR) is 77.6 cm³/mol. The van der Waals surface area contributed by atoms with Crippen molar-refractivity contribution in [2.45, 2.75) is 38.5 Å². The van der Waals surface area contributed by atoms with Gasteiger partial charge in [-0.2, -0.15) is 0 Å². The van der Waals surface area contributed by atoms with Gasteiger partial charge in [-0.05, 0) is 23.0 Å². The maximum absolute atomic E-state index is 12.2. The van der Waals surface area contributed by atoms with Crippen molar-refractivity contribution in [3.05, 3.63) is 35.4 Å². The number of benzene rings is 1. The summed E-state index contributed by atoms with van der Waals surface area (Å²) < 4.78 is 5.03. The van der Waals surface area contributed by atoms with E-state index in [4.69, 9.17) is 4.74 Å². The highest BCUT2D eigenvalue weighted by Crippen LogP contribution is 2.64. The van der Waals surface area contributed by atoms with Gasteiger partial charge < -0.3 is 4.74 Å². The van der Waals surface area contributed by atoms with Crippen LogP contribution in [0.4, 0.5) is 0 Å². The third-order valence-electron chi connectivity index (χ3n) is 6.04. The highest BCUT2D eigenvalue weighted by molar-refractivity contribution is 5.98. The van der Waals surface area contributed by atoms with Crippen molar-refractivity contribution in [3.8, 4) is 0 Å². The molecular weight excluding hydrogens is 264 g/mol. The molecule has 1 aliphatic heterocycles. The molecule has 1 heterocycles. The van der Waals surface area contributed by atoms with Gasteiger partial charge in [-0.15, -0.1) is 0 Å². The van der Waals surface area contributed by atoms with E-state index in [-0.39, 0.29) is 35.6 Å². The van der Waals surface area contributed by atoms with Crippen molar-refractivity contribution >= 4 is 11.9 Å². The molecule has 1 aromatic carbocycles. The summed E-state index contributed by atoms with van der Waals surface area (Å²) in [7, 11) is 0. The molecule has 110 valence electrons. The van der Waals surface area contributed by atoms with Crippen molar-refractivity contribution in [2.75, 3.05) is 0 Å². The van der Waals surface area contributed by atoms with Crippen molar-refractivity contribution in [3.63, 3.8) is 0 Å². The first-order valence-corrected chi connectivity index (χ1v) is 8.03. The second-order valence-corrected chi connectivity index (χ2v) is 6.62. The normalized spacial score (nSPS) is 39.9. The van der Waals surface area contributed by atoms with Crippen LogP contribution in [0.1, 0.15) is 49.7 Å². The number of ether oxygens (including phenoxy) is 1. The zero-order valence-corrected chi connectivity index (χ0v) is 12.4. The standard InChI is InChI=1S/C18H20O3/c1-3-9-10(4-2)14-12-8-6-5-7-11(12)13(9)15-16(14)18(20)21-17(15)19/h5-10,13-16H,3-4H2,1-2H3/t9-,10-,13+,14+,15+,16+/m0/s1. The van der Waals surface area contributed by atoms with E-state index in [2.05, 4.69) is 26.0 Å². The molecule has 0 N–H and O–H groups in total. The van der Waals surface area contributed by atoms with Crippen LogP contribution in [0.3, 0.4) is 0 Å². The largest absolute Gasteiger partial charge is 0.393 e. The van der Waals surface area contributed by atoms with E-state index in [0.717, 1.165) is 12.8 Å². The average molecular weight is 284 g/mol. The number of hydrogen-bond acceptors (Lipinski definition) is 3. The Morgan fingerprint density at radius 2 is 1.24 bits per heavy atom. The van der Waals surface area contributed by atoms with Crippen molar-refractivity contribution in [1.29, 1.82) is 0 Å². The quantitative estimate of drug-likeness (QED) is 0.618.